The zero-order chi connectivity index (χ0) is 23.4. The van der Waals surface area contributed by atoms with Gasteiger partial charge in [0.15, 0.2) is 17.4 Å². The zero-order valence-electron chi connectivity index (χ0n) is 18.8. The Morgan fingerprint density at radius 1 is 0.969 bits per heavy atom. The molecule has 0 spiro atoms. The molecule has 2 aromatic rings. The predicted molar refractivity (Wildman–Crippen MR) is 122 cm³/mol. The molecule has 1 aliphatic rings. The van der Waals surface area contributed by atoms with E-state index in [1.165, 1.54) is 14.2 Å². The molecule has 2 unspecified atom stereocenters. The van der Waals surface area contributed by atoms with Crippen molar-refractivity contribution >= 4 is 27.9 Å². The Hall–Kier alpha value is -2.74. The Morgan fingerprint density at radius 2 is 1.62 bits per heavy atom. The van der Waals surface area contributed by atoms with Gasteiger partial charge in [-0.2, -0.15) is 0 Å². The Bertz CT molecular complexity index is 988. The summed E-state index contributed by atoms with van der Waals surface area (Å²) >= 11 is 3.55. The standard InChI is InChI=1S/C24H27BrO7/c1-28-19-12-17-14(11-18(23(26)31-4)24(27)32-5)10-16(13-7-6-8-15(25)9-13)20(17)22(30-3)21(19)29-2/h6-9,12,14,16,18H,10-11H2,1-5H3. The van der Waals surface area contributed by atoms with Crippen molar-refractivity contribution in [3.05, 3.63) is 51.5 Å². The Balaban J connectivity index is 2.17. The molecule has 3 rings (SSSR count). The van der Waals surface area contributed by atoms with Crippen LogP contribution in [-0.4, -0.2) is 47.5 Å². The van der Waals surface area contributed by atoms with Crippen LogP contribution in [0.3, 0.4) is 0 Å². The largest absolute Gasteiger partial charge is 0.493 e. The average Bonchev–Trinajstić information content (AvgIpc) is 3.18. The Labute approximate surface area is 196 Å². The van der Waals surface area contributed by atoms with Crippen molar-refractivity contribution in [3.63, 3.8) is 0 Å². The maximum absolute atomic E-state index is 12.4. The molecule has 0 aliphatic heterocycles. The van der Waals surface area contributed by atoms with Crippen LogP contribution in [0.2, 0.25) is 0 Å². The smallest absolute Gasteiger partial charge is 0.320 e. The summed E-state index contributed by atoms with van der Waals surface area (Å²) in [7, 11) is 7.25. The second kappa shape index (κ2) is 10.3. The first-order valence-corrected chi connectivity index (χ1v) is 10.9. The van der Waals surface area contributed by atoms with Gasteiger partial charge in [0.05, 0.1) is 35.5 Å². The van der Waals surface area contributed by atoms with E-state index in [1.807, 2.05) is 18.2 Å². The van der Waals surface area contributed by atoms with Gasteiger partial charge < -0.3 is 23.7 Å². The van der Waals surface area contributed by atoms with E-state index < -0.39 is 17.9 Å². The van der Waals surface area contributed by atoms with Crippen LogP contribution in [0.1, 0.15) is 41.4 Å². The minimum absolute atomic E-state index is 0.0294. The van der Waals surface area contributed by atoms with E-state index in [0.29, 0.717) is 23.7 Å². The van der Waals surface area contributed by atoms with E-state index in [1.54, 1.807) is 21.3 Å². The quantitative estimate of drug-likeness (QED) is 0.386. The molecule has 0 amide bonds. The molecule has 1 aliphatic carbocycles. The van der Waals surface area contributed by atoms with Gasteiger partial charge in [-0.3, -0.25) is 9.59 Å². The number of ether oxygens (including phenoxy) is 5. The molecular weight excluding hydrogens is 480 g/mol. The van der Waals surface area contributed by atoms with E-state index >= 15 is 0 Å². The summed E-state index contributed by atoms with van der Waals surface area (Å²) in [6.07, 6.45) is 0.915. The van der Waals surface area contributed by atoms with Crippen molar-refractivity contribution in [2.45, 2.75) is 24.7 Å². The molecule has 172 valence electrons. The lowest BCUT2D eigenvalue weighted by atomic mass is 9.88. The van der Waals surface area contributed by atoms with E-state index in [2.05, 4.69) is 28.1 Å². The van der Waals surface area contributed by atoms with Crippen LogP contribution >= 0.6 is 15.9 Å². The molecule has 0 saturated carbocycles. The number of hydrogen-bond donors (Lipinski definition) is 0. The molecule has 2 atom stereocenters. The third kappa shape index (κ3) is 4.41. The lowest BCUT2D eigenvalue weighted by Crippen LogP contribution is -2.28. The normalized spacial score (nSPS) is 17.0. The molecule has 32 heavy (non-hydrogen) atoms. The number of fused-ring (bicyclic) bond motifs is 1. The highest BCUT2D eigenvalue weighted by Gasteiger charge is 2.41. The molecule has 0 aromatic heterocycles. The summed E-state index contributed by atoms with van der Waals surface area (Å²) in [5.74, 6) is -0.801. The van der Waals surface area contributed by atoms with Gasteiger partial charge in [-0.25, -0.2) is 0 Å². The number of rotatable bonds is 8. The minimum Gasteiger partial charge on any atom is -0.493 e. The fraction of sp³-hybridized carbons (Fsp3) is 0.417. The van der Waals surface area contributed by atoms with Crippen LogP contribution in [0.15, 0.2) is 34.8 Å². The highest BCUT2D eigenvalue weighted by Crippen LogP contribution is 2.56. The number of hydrogen-bond acceptors (Lipinski definition) is 7. The number of carbonyl (C=O) groups excluding carboxylic acids is 2. The molecule has 0 N–H and O–H groups in total. The van der Waals surface area contributed by atoms with Crippen molar-refractivity contribution < 1.29 is 33.3 Å². The summed E-state index contributed by atoms with van der Waals surface area (Å²) in [6, 6.07) is 9.96. The van der Waals surface area contributed by atoms with Crippen molar-refractivity contribution in [3.8, 4) is 17.2 Å². The van der Waals surface area contributed by atoms with Gasteiger partial charge >= 0.3 is 11.9 Å². The predicted octanol–water partition coefficient (Wildman–Crippen LogP) is 4.45. The van der Waals surface area contributed by atoms with E-state index in [0.717, 1.165) is 21.2 Å². The number of esters is 2. The average molecular weight is 507 g/mol. The van der Waals surface area contributed by atoms with Crippen LogP contribution in [0.25, 0.3) is 0 Å². The number of carbonyl (C=O) groups is 2. The van der Waals surface area contributed by atoms with Crippen molar-refractivity contribution in [1.29, 1.82) is 0 Å². The Kier molecular flexibility index (Phi) is 7.66. The van der Waals surface area contributed by atoms with Gasteiger partial charge in [0.1, 0.15) is 0 Å². The number of halogens is 1. The Morgan fingerprint density at radius 3 is 2.16 bits per heavy atom. The lowest BCUT2D eigenvalue weighted by Gasteiger charge is -2.20. The molecule has 0 radical (unpaired) electrons. The summed E-state index contributed by atoms with van der Waals surface area (Å²) < 4.78 is 27.7. The van der Waals surface area contributed by atoms with E-state index in [4.69, 9.17) is 23.7 Å². The van der Waals surface area contributed by atoms with E-state index in [9.17, 15) is 9.59 Å². The summed E-state index contributed by atoms with van der Waals surface area (Å²) in [4.78, 5) is 24.7. The van der Waals surface area contributed by atoms with Gasteiger partial charge in [-0.05, 0) is 48.1 Å². The molecular formula is C24H27BrO7. The topological polar surface area (TPSA) is 80.3 Å². The van der Waals surface area contributed by atoms with Crippen LogP contribution < -0.4 is 14.2 Å². The second-order valence-electron chi connectivity index (χ2n) is 7.52. The van der Waals surface area contributed by atoms with Gasteiger partial charge in [0.25, 0.3) is 0 Å². The van der Waals surface area contributed by atoms with Crippen molar-refractivity contribution in [1.82, 2.24) is 0 Å². The fourth-order valence-electron chi connectivity index (χ4n) is 4.53. The molecule has 0 saturated heterocycles. The third-order valence-corrected chi connectivity index (χ3v) is 6.44. The zero-order valence-corrected chi connectivity index (χ0v) is 20.4. The number of methoxy groups -OCH3 is 5. The van der Waals surface area contributed by atoms with Gasteiger partial charge in [0.2, 0.25) is 5.75 Å². The summed E-state index contributed by atoms with van der Waals surface area (Å²) in [5, 5.41) is 0. The summed E-state index contributed by atoms with van der Waals surface area (Å²) in [5.41, 5.74) is 2.99. The monoisotopic (exact) mass is 506 g/mol. The second-order valence-corrected chi connectivity index (χ2v) is 8.44. The van der Waals surface area contributed by atoms with Crippen LogP contribution in [0.5, 0.6) is 17.2 Å². The first kappa shape index (κ1) is 23.9. The lowest BCUT2D eigenvalue weighted by molar-refractivity contribution is -0.159. The fourth-order valence-corrected chi connectivity index (χ4v) is 4.95. The maximum Gasteiger partial charge on any atom is 0.320 e. The van der Waals surface area contributed by atoms with Gasteiger partial charge in [0, 0.05) is 16.0 Å². The third-order valence-electron chi connectivity index (χ3n) is 5.95. The summed E-state index contributed by atoms with van der Waals surface area (Å²) in [6.45, 7) is 0. The van der Waals surface area contributed by atoms with Crippen molar-refractivity contribution in [2.24, 2.45) is 5.92 Å². The number of benzene rings is 2. The minimum atomic E-state index is -1.02. The van der Waals surface area contributed by atoms with Gasteiger partial charge in [-0.1, -0.05) is 28.1 Å². The molecule has 2 aromatic carbocycles. The van der Waals surface area contributed by atoms with Crippen LogP contribution in [0.4, 0.5) is 0 Å². The van der Waals surface area contributed by atoms with Crippen LogP contribution in [-0.2, 0) is 19.1 Å². The molecule has 0 heterocycles. The highest BCUT2D eigenvalue weighted by molar-refractivity contribution is 9.10. The van der Waals surface area contributed by atoms with Crippen molar-refractivity contribution in [2.75, 3.05) is 35.5 Å². The first-order chi connectivity index (χ1) is 15.4. The molecule has 0 fully saturated rings. The molecule has 8 heteroatoms. The SMILES string of the molecule is COC(=O)C(CC1CC(c2cccc(Br)c2)c2c1cc(OC)c(OC)c2OC)C(=O)OC. The van der Waals surface area contributed by atoms with Gasteiger partial charge in [-0.15, -0.1) is 0 Å². The van der Waals surface area contributed by atoms with E-state index in [-0.39, 0.29) is 18.3 Å². The molecule has 0 bridgehead atoms. The first-order valence-electron chi connectivity index (χ1n) is 10.1. The maximum atomic E-state index is 12.4. The molecule has 7 nitrogen and oxygen atoms in total. The highest BCUT2D eigenvalue weighted by atomic mass is 79.9. The van der Waals surface area contributed by atoms with Crippen LogP contribution in [0, 0.1) is 5.92 Å².